The molecule has 3 fully saturated rings. The lowest BCUT2D eigenvalue weighted by molar-refractivity contribution is 0.0963. The molecule has 2 bridgehead atoms. The predicted octanol–water partition coefficient (Wildman–Crippen LogP) is 6.13. The van der Waals surface area contributed by atoms with E-state index >= 15 is 0 Å². The number of rotatable bonds is 5. The number of halogens is 1. The summed E-state index contributed by atoms with van der Waals surface area (Å²) in [4.78, 5) is 14.8. The van der Waals surface area contributed by atoms with Gasteiger partial charge >= 0.3 is 0 Å². The molecule has 0 spiro atoms. The van der Waals surface area contributed by atoms with Crippen LogP contribution in [0, 0.1) is 11.8 Å². The van der Waals surface area contributed by atoms with Crippen molar-refractivity contribution in [2.45, 2.75) is 56.9 Å². The van der Waals surface area contributed by atoms with Gasteiger partial charge in [-0.05, 0) is 104 Å². The van der Waals surface area contributed by atoms with Crippen LogP contribution in [0.15, 0.2) is 36.4 Å². The van der Waals surface area contributed by atoms with E-state index in [9.17, 15) is 4.79 Å². The Morgan fingerprint density at radius 2 is 1.64 bits per heavy atom. The molecule has 1 heterocycles. The summed E-state index contributed by atoms with van der Waals surface area (Å²) in [5, 5.41) is 3.11. The predicted molar refractivity (Wildman–Crippen MR) is 134 cm³/mol. The van der Waals surface area contributed by atoms with E-state index in [0.717, 1.165) is 34.8 Å². The van der Waals surface area contributed by atoms with E-state index in [1.54, 1.807) is 20.2 Å². The highest BCUT2D eigenvalue weighted by molar-refractivity contribution is 6.34. The van der Waals surface area contributed by atoms with Gasteiger partial charge in [-0.2, -0.15) is 0 Å². The molecule has 2 aliphatic carbocycles. The van der Waals surface area contributed by atoms with E-state index in [1.807, 2.05) is 12.1 Å². The van der Waals surface area contributed by atoms with Gasteiger partial charge in [0.15, 0.2) is 0 Å². The maximum Gasteiger partial charge on any atom is 0.252 e. The SMILES string of the molecule is CNC(=O)c1ccc(-c2ccc(OC)c(C3CCN(C4CC5CCC(C5)C4)CC3)c2)cc1Cl. The van der Waals surface area contributed by atoms with Gasteiger partial charge in [-0.1, -0.05) is 36.6 Å². The number of nitrogens with zero attached hydrogens (tertiary/aromatic N) is 1. The number of amides is 1. The van der Waals surface area contributed by atoms with Gasteiger partial charge in [0.05, 0.1) is 17.7 Å². The van der Waals surface area contributed by atoms with Crippen LogP contribution in [-0.4, -0.2) is 44.1 Å². The Balaban J connectivity index is 1.32. The molecule has 1 saturated heterocycles. The molecule has 33 heavy (non-hydrogen) atoms. The number of ether oxygens (including phenoxy) is 1. The molecule has 2 unspecified atom stereocenters. The largest absolute Gasteiger partial charge is 0.496 e. The number of likely N-dealkylation sites (tertiary alicyclic amines) is 1. The number of benzene rings is 2. The van der Waals surface area contributed by atoms with Crippen molar-refractivity contribution in [2.75, 3.05) is 27.2 Å². The molecular weight excluding hydrogens is 432 g/mol. The highest BCUT2D eigenvalue weighted by atomic mass is 35.5. The average Bonchev–Trinajstić information content (AvgIpc) is 3.20. The third-order valence-electron chi connectivity index (χ3n) is 8.35. The molecule has 5 heteroatoms. The van der Waals surface area contributed by atoms with Crippen molar-refractivity contribution in [3.8, 4) is 16.9 Å². The van der Waals surface area contributed by atoms with Crippen molar-refractivity contribution >= 4 is 17.5 Å². The summed E-state index contributed by atoms with van der Waals surface area (Å²) in [5.74, 6) is 3.30. The van der Waals surface area contributed by atoms with Crippen molar-refractivity contribution in [1.29, 1.82) is 0 Å². The van der Waals surface area contributed by atoms with E-state index in [4.69, 9.17) is 16.3 Å². The van der Waals surface area contributed by atoms with Crippen LogP contribution >= 0.6 is 11.6 Å². The second-order valence-corrected chi connectivity index (χ2v) is 10.6. The maximum atomic E-state index is 12.0. The van der Waals surface area contributed by atoms with Crippen molar-refractivity contribution < 1.29 is 9.53 Å². The lowest BCUT2D eigenvalue weighted by Crippen LogP contribution is -2.43. The van der Waals surface area contributed by atoms with Crippen molar-refractivity contribution in [3.63, 3.8) is 0 Å². The first-order valence-electron chi connectivity index (χ1n) is 12.5. The van der Waals surface area contributed by atoms with Crippen molar-refractivity contribution in [1.82, 2.24) is 10.2 Å². The number of methoxy groups -OCH3 is 1. The van der Waals surface area contributed by atoms with Gasteiger partial charge in [-0.15, -0.1) is 0 Å². The first-order chi connectivity index (χ1) is 16.1. The van der Waals surface area contributed by atoms with Crippen LogP contribution in [0.25, 0.3) is 11.1 Å². The molecular formula is C28H35ClN2O2. The zero-order valence-electron chi connectivity index (χ0n) is 19.8. The van der Waals surface area contributed by atoms with Gasteiger partial charge in [0.2, 0.25) is 0 Å². The minimum Gasteiger partial charge on any atom is -0.496 e. The molecule has 0 aromatic heterocycles. The Labute approximate surface area is 202 Å². The van der Waals surface area contributed by atoms with Gasteiger partial charge < -0.3 is 15.0 Å². The minimum atomic E-state index is -0.167. The standard InChI is InChI=1S/C28H35ClN2O2/c1-30-28(32)24-7-5-22(17-26(24)29)21-6-8-27(33-2)25(16-21)20-9-11-31(12-10-20)23-14-18-3-4-19(13-18)15-23/h5-8,16-20,23H,3-4,9-15H2,1-2H3,(H,30,32). The zero-order chi connectivity index (χ0) is 22.9. The molecule has 3 aliphatic rings. The molecule has 176 valence electrons. The molecule has 0 radical (unpaired) electrons. The van der Waals surface area contributed by atoms with E-state index < -0.39 is 0 Å². The zero-order valence-corrected chi connectivity index (χ0v) is 20.5. The summed E-state index contributed by atoms with van der Waals surface area (Å²) >= 11 is 6.42. The molecule has 2 saturated carbocycles. The first-order valence-corrected chi connectivity index (χ1v) is 12.9. The molecule has 4 nitrogen and oxygen atoms in total. The van der Waals surface area contributed by atoms with Crippen LogP contribution in [0.5, 0.6) is 5.75 Å². The number of hydrogen-bond donors (Lipinski definition) is 1. The highest BCUT2D eigenvalue weighted by Gasteiger charge is 2.37. The Bertz CT molecular complexity index is 1000. The fourth-order valence-corrected chi connectivity index (χ4v) is 6.86. The summed E-state index contributed by atoms with van der Waals surface area (Å²) in [5.41, 5.74) is 3.93. The van der Waals surface area contributed by atoms with E-state index in [-0.39, 0.29) is 5.91 Å². The summed E-state index contributed by atoms with van der Waals surface area (Å²) in [7, 11) is 3.38. The number of carbonyl (C=O) groups is 1. The van der Waals surface area contributed by atoms with Crippen LogP contribution in [0.4, 0.5) is 0 Å². The summed E-state index contributed by atoms with van der Waals surface area (Å²) in [6.07, 6.45) is 9.64. The van der Waals surface area contributed by atoms with Gasteiger partial charge in [-0.3, -0.25) is 4.79 Å². The van der Waals surface area contributed by atoms with Gasteiger partial charge in [0.1, 0.15) is 5.75 Å². The van der Waals surface area contributed by atoms with Crippen LogP contribution in [0.3, 0.4) is 0 Å². The summed E-state index contributed by atoms with van der Waals surface area (Å²) in [6.45, 7) is 2.38. The summed E-state index contributed by atoms with van der Waals surface area (Å²) < 4.78 is 5.77. The lowest BCUT2D eigenvalue weighted by Gasteiger charge is -2.41. The van der Waals surface area contributed by atoms with Gasteiger partial charge in [0.25, 0.3) is 5.91 Å². The molecule has 1 aliphatic heterocycles. The summed E-state index contributed by atoms with van der Waals surface area (Å²) in [6, 6.07) is 12.9. The maximum absolute atomic E-state index is 12.0. The number of piperidine rings is 1. The second-order valence-electron chi connectivity index (χ2n) is 10.2. The molecule has 5 rings (SSSR count). The Kier molecular flexibility index (Phi) is 6.67. The third kappa shape index (κ3) is 4.65. The quantitative estimate of drug-likeness (QED) is 0.576. The monoisotopic (exact) mass is 466 g/mol. The topological polar surface area (TPSA) is 41.6 Å². The fraction of sp³-hybridized carbons (Fsp3) is 0.536. The third-order valence-corrected chi connectivity index (χ3v) is 8.66. The van der Waals surface area contributed by atoms with E-state index in [2.05, 4.69) is 28.4 Å². The van der Waals surface area contributed by atoms with Crippen LogP contribution in [0.2, 0.25) is 5.02 Å². The highest BCUT2D eigenvalue weighted by Crippen LogP contribution is 2.45. The lowest BCUT2D eigenvalue weighted by atomic mass is 9.82. The number of nitrogens with one attached hydrogen (secondary N) is 1. The minimum absolute atomic E-state index is 0.167. The first kappa shape index (κ1) is 22.7. The molecule has 2 aromatic rings. The van der Waals surface area contributed by atoms with E-state index in [0.29, 0.717) is 16.5 Å². The molecule has 2 aromatic carbocycles. The van der Waals surface area contributed by atoms with Gasteiger partial charge in [0, 0.05) is 13.1 Å². The molecule has 1 N–H and O–H groups in total. The van der Waals surface area contributed by atoms with Crippen LogP contribution < -0.4 is 10.1 Å². The van der Waals surface area contributed by atoms with Crippen molar-refractivity contribution in [2.24, 2.45) is 11.8 Å². The number of fused-ring (bicyclic) bond motifs is 2. The Hall–Kier alpha value is -2.04. The Morgan fingerprint density at radius 1 is 0.970 bits per heavy atom. The van der Waals surface area contributed by atoms with Gasteiger partial charge in [-0.25, -0.2) is 0 Å². The van der Waals surface area contributed by atoms with Crippen LogP contribution in [-0.2, 0) is 0 Å². The number of hydrogen-bond acceptors (Lipinski definition) is 3. The fourth-order valence-electron chi connectivity index (χ4n) is 6.59. The molecule has 1 amide bonds. The van der Waals surface area contributed by atoms with Crippen molar-refractivity contribution in [3.05, 3.63) is 52.5 Å². The average molecular weight is 467 g/mol. The normalized spacial score (nSPS) is 25.7. The smallest absolute Gasteiger partial charge is 0.252 e. The molecule has 2 atom stereocenters. The second kappa shape index (κ2) is 9.68. The Morgan fingerprint density at radius 3 is 2.27 bits per heavy atom. The number of carbonyl (C=O) groups excluding carboxylic acids is 1. The van der Waals surface area contributed by atoms with E-state index in [1.165, 1.54) is 63.6 Å². The van der Waals surface area contributed by atoms with Crippen LogP contribution in [0.1, 0.15) is 66.8 Å².